The SMILES string of the molecule is CSCC[C@H](N)C(=O)Nc1cccc(-c2nncn2C)c1. The fraction of sp³-hybridized carbons (Fsp3) is 0.357. The van der Waals surface area contributed by atoms with Gasteiger partial charge in [0.05, 0.1) is 6.04 Å². The highest BCUT2D eigenvalue weighted by molar-refractivity contribution is 7.98. The van der Waals surface area contributed by atoms with Gasteiger partial charge >= 0.3 is 0 Å². The van der Waals surface area contributed by atoms with E-state index >= 15 is 0 Å². The molecule has 0 aliphatic carbocycles. The van der Waals surface area contributed by atoms with Crippen molar-refractivity contribution in [3.63, 3.8) is 0 Å². The van der Waals surface area contributed by atoms with Gasteiger partial charge in [-0.25, -0.2) is 0 Å². The van der Waals surface area contributed by atoms with Crippen LogP contribution in [0.15, 0.2) is 30.6 Å². The van der Waals surface area contributed by atoms with E-state index in [2.05, 4.69) is 15.5 Å². The molecule has 1 atom stereocenters. The summed E-state index contributed by atoms with van der Waals surface area (Å²) in [6, 6.07) is 7.00. The summed E-state index contributed by atoms with van der Waals surface area (Å²) in [6.45, 7) is 0. The number of hydrogen-bond donors (Lipinski definition) is 2. The molecule has 0 spiro atoms. The summed E-state index contributed by atoms with van der Waals surface area (Å²) in [5.41, 5.74) is 7.46. The standard InChI is InChI=1S/C14H19N5OS/c1-19-9-16-18-13(19)10-4-3-5-11(8-10)17-14(20)12(15)6-7-21-2/h3-5,8-9,12H,6-7,15H2,1-2H3,(H,17,20)/t12-/m0/s1. The summed E-state index contributed by atoms with van der Waals surface area (Å²) in [7, 11) is 1.87. The molecule has 7 heteroatoms. The van der Waals surface area contributed by atoms with Crippen molar-refractivity contribution in [1.82, 2.24) is 14.8 Å². The zero-order valence-corrected chi connectivity index (χ0v) is 12.9. The van der Waals surface area contributed by atoms with Crippen LogP contribution in [-0.2, 0) is 11.8 Å². The van der Waals surface area contributed by atoms with Gasteiger partial charge in [-0.3, -0.25) is 4.79 Å². The largest absolute Gasteiger partial charge is 0.325 e. The number of hydrogen-bond acceptors (Lipinski definition) is 5. The minimum atomic E-state index is -0.490. The molecule has 0 saturated heterocycles. The Morgan fingerprint density at radius 1 is 1.52 bits per heavy atom. The molecule has 112 valence electrons. The van der Waals surface area contributed by atoms with Gasteiger partial charge in [-0.1, -0.05) is 12.1 Å². The van der Waals surface area contributed by atoms with Crippen LogP contribution in [0, 0.1) is 0 Å². The molecule has 0 unspecified atom stereocenters. The topological polar surface area (TPSA) is 85.8 Å². The summed E-state index contributed by atoms with van der Waals surface area (Å²) in [4.78, 5) is 12.0. The van der Waals surface area contributed by atoms with Crippen LogP contribution >= 0.6 is 11.8 Å². The average Bonchev–Trinajstić information content (AvgIpc) is 2.91. The lowest BCUT2D eigenvalue weighted by atomic mass is 10.1. The normalized spacial score (nSPS) is 12.1. The van der Waals surface area contributed by atoms with Gasteiger partial charge in [-0.15, -0.1) is 10.2 Å². The molecule has 0 fully saturated rings. The number of anilines is 1. The number of carbonyl (C=O) groups excluding carboxylic acids is 1. The maximum Gasteiger partial charge on any atom is 0.241 e. The molecule has 0 radical (unpaired) electrons. The number of nitrogens with two attached hydrogens (primary N) is 1. The number of nitrogens with zero attached hydrogens (tertiary/aromatic N) is 3. The van der Waals surface area contributed by atoms with Crippen LogP contribution in [0.25, 0.3) is 11.4 Å². The summed E-state index contributed by atoms with van der Waals surface area (Å²) in [5, 5.41) is 10.8. The van der Waals surface area contributed by atoms with Crippen molar-refractivity contribution in [1.29, 1.82) is 0 Å². The second kappa shape index (κ2) is 7.24. The van der Waals surface area contributed by atoms with Crippen LogP contribution in [0.5, 0.6) is 0 Å². The molecule has 6 nitrogen and oxygen atoms in total. The lowest BCUT2D eigenvalue weighted by Gasteiger charge is -2.12. The molecule has 2 rings (SSSR count). The number of benzene rings is 1. The highest BCUT2D eigenvalue weighted by Crippen LogP contribution is 2.20. The van der Waals surface area contributed by atoms with Crippen LogP contribution in [0.1, 0.15) is 6.42 Å². The summed E-state index contributed by atoms with van der Waals surface area (Å²) < 4.78 is 1.82. The van der Waals surface area contributed by atoms with E-state index in [1.54, 1.807) is 18.1 Å². The molecular weight excluding hydrogens is 286 g/mol. The second-order valence-corrected chi connectivity index (χ2v) is 5.71. The third-order valence-electron chi connectivity index (χ3n) is 3.07. The number of aryl methyl sites for hydroxylation is 1. The summed E-state index contributed by atoms with van der Waals surface area (Å²) >= 11 is 1.68. The maximum atomic E-state index is 12.0. The zero-order chi connectivity index (χ0) is 15.2. The van der Waals surface area contributed by atoms with Crippen LogP contribution in [0.4, 0.5) is 5.69 Å². The van der Waals surface area contributed by atoms with E-state index in [1.165, 1.54) is 0 Å². The summed E-state index contributed by atoms with van der Waals surface area (Å²) in [5.74, 6) is 1.45. The Labute approximate surface area is 128 Å². The lowest BCUT2D eigenvalue weighted by Crippen LogP contribution is -2.36. The van der Waals surface area contributed by atoms with Crippen LogP contribution < -0.4 is 11.1 Å². The third-order valence-corrected chi connectivity index (χ3v) is 3.71. The average molecular weight is 305 g/mol. The third kappa shape index (κ3) is 4.05. The molecule has 21 heavy (non-hydrogen) atoms. The first-order valence-electron chi connectivity index (χ1n) is 6.61. The van der Waals surface area contributed by atoms with Crippen LogP contribution in [0.3, 0.4) is 0 Å². The Hall–Kier alpha value is -1.86. The van der Waals surface area contributed by atoms with Gasteiger partial charge in [-0.05, 0) is 30.6 Å². The van der Waals surface area contributed by atoms with Gasteiger partial charge in [0.2, 0.25) is 5.91 Å². The van der Waals surface area contributed by atoms with E-state index < -0.39 is 6.04 Å². The number of carbonyl (C=O) groups is 1. The quantitative estimate of drug-likeness (QED) is 0.844. The van der Waals surface area contributed by atoms with Gasteiger partial charge in [0.25, 0.3) is 0 Å². The fourth-order valence-corrected chi connectivity index (χ4v) is 2.38. The number of aromatic nitrogens is 3. The van der Waals surface area contributed by atoms with Crippen LogP contribution in [0.2, 0.25) is 0 Å². The highest BCUT2D eigenvalue weighted by Gasteiger charge is 2.13. The molecule has 1 heterocycles. The molecule has 3 N–H and O–H groups in total. The minimum Gasteiger partial charge on any atom is -0.325 e. The Balaban J connectivity index is 2.08. The van der Waals surface area contributed by atoms with Gasteiger partial charge in [-0.2, -0.15) is 11.8 Å². The number of nitrogens with one attached hydrogen (secondary N) is 1. The smallest absolute Gasteiger partial charge is 0.241 e. The Morgan fingerprint density at radius 2 is 2.33 bits per heavy atom. The summed E-state index contributed by atoms with van der Waals surface area (Å²) in [6.07, 6.45) is 4.30. The van der Waals surface area contributed by atoms with E-state index in [9.17, 15) is 4.79 Å². The van der Waals surface area contributed by atoms with E-state index in [0.717, 1.165) is 17.1 Å². The second-order valence-electron chi connectivity index (χ2n) is 4.72. The minimum absolute atomic E-state index is 0.167. The van der Waals surface area contributed by atoms with Crippen molar-refractivity contribution in [2.75, 3.05) is 17.3 Å². The lowest BCUT2D eigenvalue weighted by molar-refractivity contribution is -0.117. The van der Waals surface area contributed by atoms with Crippen molar-refractivity contribution in [2.45, 2.75) is 12.5 Å². The van der Waals surface area contributed by atoms with Crippen molar-refractivity contribution < 1.29 is 4.79 Å². The van der Waals surface area contributed by atoms with Gasteiger partial charge in [0.15, 0.2) is 5.82 Å². The molecule has 1 amide bonds. The molecule has 0 aliphatic heterocycles. The van der Waals surface area contributed by atoms with Crippen molar-refractivity contribution in [3.8, 4) is 11.4 Å². The first-order chi connectivity index (χ1) is 10.1. The molecule has 0 saturated carbocycles. The predicted octanol–water partition coefficient (Wildman–Crippen LogP) is 1.50. The van der Waals surface area contributed by atoms with Crippen LogP contribution in [-0.4, -0.2) is 38.7 Å². The van der Waals surface area contributed by atoms with Crippen molar-refractivity contribution >= 4 is 23.4 Å². The maximum absolute atomic E-state index is 12.0. The zero-order valence-electron chi connectivity index (χ0n) is 12.1. The van der Waals surface area contributed by atoms with Gasteiger partial charge < -0.3 is 15.6 Å². The van der Waals surface area contributed by atoms with Gasteiger partial charge in [0.1, 0.15) is 6.33 Å². The first-order valence-corrected chi connectivity index (χ1v) is 8.01. The molecule has 1 aromatic heterocycles. The number of thioether (sulfide) groups is 1. The highest BCUT2D eigenvalue weighted by atomic mass is 32.2. The molecule has 1 aromatic carbocycles. The fourth-order valence-electron chi connectivity index (χ4n) is 1.89. The number of rotatable bonds is 6. The molecular formula is C14H19N5OS. The van der Waals surface area contributed by atoms with E-state index in [1.807, 2.05) is 42.1 Å². The Morgan fingerprint density at radius 3 is 3.00 bits per heavy atom. The predicted molar refractivity (Wildman–Crippen MR) is 86.0 cm³/mol. The molecule has 0 aliphatic rings. The van der Waals surface area contributed by atoms with Crippen molar-refractivity contribution in [3.05, 3.63) is 30.6 Å². The monoisotopic (exact) mass is 305 g/mol. The van der Waals surface area contributed by atoms with Gasteiger partial charge in [0, 0.05) is 18.3 Å². The molecule has 0 bridgehead atoms. The first kappa shape index (κ1) is 15.5. The number of amides is 1. The Kier molecular flexibility index (Phi) is 5.35. The van der Waals surface area contributed by atoms with E-state index in [4.69, 9.17) is 5.73 Å². The Bertz CT molecular complexity index is 613. The molecule has 2 aromatic rings. The van der Waals surface area contributed by atoms with Crippen molar-refractivity contribution in [2.24, 2.45) is 12.8 Å². The van der Waals surface area contributed by atoms with E-state index in [-0.39, 0.29) is 5.91 Å². The van der Waals surface area contributed by atoms with E-state index in [0.29, 0.717) is 12.1 Å².